The lowest BCUT2D eigenvalue weighted by Crippen LogP contribution is -2.13. The van der Waals surface area contributed by atoms with E-state index in [1.807, 2.05) is 54.6 Å². The van der Waals surface area contributed by atoms with E-state index in [1.165, 1.54) is 0 Å². The Kier molecular flexibility index (Phi) is 3.48. The first kappa shape index (κ1) is 13.1. The quantitative estimate of drug-likeness (QED) is 0.745. The molecule has 0 fully saturated rings. The first-order valence-electron chi connectivity index (χ1n) is 6.65. The summed E-state index contributed by atoms with van der Waals surface area (Å²) in [6.07, 6.45) is 5.17. The van der Waals surface area contributed by atoms with Crippen LogP contribution in [0.15, 0.2) is 67.0 Å². The molecule has 0 aliphatic rings. The molecular formula is C18H14N2O. The van der Waals surface area contributed by atoms with Crippen molar-refractivity contribution in [2.45, 2.75) is 0 Å². The molecule has 102 valence electrons. The van der Waals surface area contributed by atoms with Crippen molar-refractivity contribution in [3.05, 3.63) is 78.1 Å². The van der Waals surface area contributed by atoms with E-state index < -0.39 is 5.91 Å². The van der Waals surface area contributed by atoms with Gasteiger partial charge in [0.25, 0.3) is 0 Å². The number of carbonyl (C=O) groups is 1. The molecule has 2 N–H and O–H groups in total. The summed E-state index contributed by atoms with van der Waals surface area (Å²) in [5.41, 5.74) is 7.82. The SMILES string of the molecule is NC(=O)C(=Cc1ccncc1)c1cccc2ccccc12. The summed E-state index contributed by atoms with van der Waals surface area (Å²) in [6.45, 7) is 0. The van der Waals surface area contributed by atoms with Crippen molar-refractivity contribution in [1.82, 2.24) is 4.98 Å². The van der Waals surface area contributed by atoms with Crippen LogP contribution in [0.5, 0.6) is 0 Å². The third kappa shape index (κ3) is 2.67. The number of hydrogen-bond donors (Lipinski definition) is 1. The summed E-state index contributed by atoms with van der Waals surface area (Å²) in [7, 11) is 0. The van der Waals surface area contributed by atoms with Gasteiger partial charge in [0, 0.05) is 18.0 Å². The van der Waals surface area contributed by atoms with Crippen molar-refractivity contribution in [1.29, 1.82) is 0 Å². The number of hydrogen-bond acceptors (Lipinski definition) is 2. The van der Waals surface area contributed by atoms with Crippen molar-refractivity contribution in [2.24, 2.45) is 5.73 Å². The van der Waals surface area contributed by atoms with Crippen LogP contribution in [0.3, 0.4) is 0 Å². The molecule has 1 amide bonds. The highest BCUT2D eigenvalue weighted by Gasteiger charge is 2.11. The highest BCUT2D eigenvalue weighted by atomic mass is 16.1. The van der Waals surface area contributed by atoms with Gasteiger partial charge in [-0.1, -0.05) is 42.5 Å². The normalized spacial score (nSPS) is 11.5. The zero-order chi connectivity index (χ0) is 14.7. The second kappa shape index (κ2) is 5.59. The lowest BCUT2D eigenvalue weighted by atomic mass is 9.96. The molecule has 3 nitrogen and oxygen atoms in total. The van der Waals surface area contributed by atoms with E-state index in [0.29, 0.717) is 5.57 Å². The summed E-state index contributed by atoms with van der Waals surface area (Å²) in [5, 5.41) is 2.09. The van der Waals surface area contributed by atoms with Crippen molar-refractivity contribution in [3.63, 3.8) is 0 Å². The lowest BCUT2D eigenvalue weighted by Gasteiger charge is -2.08. The number of fused-ring (bicyclic) bond motifs is 1. The maximum atomic E-state index is 11.9. The number of amides is 1. The van der Waals surface area contributed by atoms with Crippen molar-refractivity contribution in [2.75, 3.05) is 0 Å². The van der Waals surface area contributed by atoms with E-state index in [9.17, 15) is 4.79 Å². The first-order valence-corrected chi connectivity index (χ1v) is 6.65. The molecule has 0 aliphatic heterocycles. The molecule has 3 rings (SSSR count). The molecule has 3 heteroatoms. The number of carbonyl (C=O) groups excluding carboxylic acids is 1. The van der Waals surface area contributed by atoms with Crippen LogP contribution in [0, 0.1) is 0 Å². The summed E-state index contributed by atoms with van der Waals surface area (Å²) in [5.74, 6) is -0.442. The Morgan fingerprint density at radius 3 is 2.43 bits per heavy atom. The summed E-state index contributed by atoms with van der Waals surface area (Å²) in [6, 6.07) is 17.5. The number of primary amides is 1. The van der Waals surface area contributed by atoms with Gasteiger partial charge in [-0.15, -0.1) is 0 Å². The maximum absolute atomic E-state index is 11.9. The lowest BCUT2D eigenvalue weighted by molar-refractivity contribution is -0.112. The van der Waals surface area contributed by atoms with E-state index in [-0.39, 0.29) is 0 Å². The number of nitrogens with two attached hydrogens (primary N) is 1. The molecular weight excluding hydrogens is 260 g/mol. The Labute approximate surface area is 122 Å². The number of pyridine rings is 1. The van der Waals surface area contributed by atoms with E-state index >= 15 is 0 Å². The van der Waals surface area contributed by atoms with Crippen molar-refractivity contribution in [3.8, 4) is 0 Å². The van der Waals surface area contributed by atoms with E-state index in [2.05, 4.69) is 4.98 Å². The molecule has 1 heterocycles. The zero-order valence-corrected chi connectivity index (χ0v) is 11.4. The van der Waals surface area contributed by atoms with Crippen molar-refractivity contribution < 1.29 is 4.79 Å². The van der Waals surface area contributed by atoms with E-state index in [1.54, 1.807) is 18.5 Å². The number of aromatic nitrogens is 1. The Bertz CT molecular complexity index is 818. The molecule has 0 atom stereocenters. The van der Waals surface area contributed by atoms with Gasteiger partial charge < -0.3 is 5.73 Å². The van der Waals surface area contributed by atoms with Gasteiger partial charge in [0.1, 0.15) is 0 Å². The van der Waals surface area contributed by atoms with Crippen molar-refractivity contribution >= 4 is 28.3 Å². The molecule has 2 aromatic carbocycles. The predicted molar refractivity (Wildman–Crippen MR) is 85.3 cm³/mol. The minimum atomic E-state index is -0.442. The number of nitrogens with zero attached hydrogens (tertiary/aromatic N) is 1. The largest absolute Gasteiger partial charge is 0.366 e. The van der Waals surface area contributed by atoms with E-state index in [0.717, 1.165) is 21.9 Å². The summed E-state index contributed by atoms with van der Waals surface area (Å²) >= 11 is 0. The maximum Gasteiger partial charge on any atom is 0.249 e. The van der Waals surface area contributed by atoms with Crippen LogP contribution < -0.4 is 5.73 Å². The standard InChI is InChI=1S/C18H14N2O/c19-18(21)17(12-13-8-10-20-11-9-13)16-7-3-5-14-4-1-2-6-15(14)16/h1-12H,(H2,19,21). The fourth-order valence-electron chi connectivity index (χ4n) is 2.37. The second-order valence-corrected chi connectivity index (χ2v) is 4.73. The highest BCUT2D eigenvalue weighted by molar-refractivity contribution is 6.26. The van der Waals surface area contributed by atoms with Crippen LogP contribution in [-0.4, -0.2) is 10.9 Å². The van der Waals surface area contributed by atoms with Crippen LogP contribution in [0.1, 0.15) is 11.1 Å². The summed E-state index contributed by atoms with van der Waals surface area (Å²) < 4.78 is 0. The fraction of sp³-hybridized carbons (Fsp3) is 0. The molecule has 3 aromatic rings. The Hall–Kier alpha value is -2.94. The Morgan fingerprint density at radius 1 is 0.952 bits per heavy atom. The number of benzene rings is 2. The minimum absolute atomic E-state index is 0.442. The molecule has 0 radical (unpaired) electrons. The van der Waals surface area contributed by atoms with Gasteiger partial charge in [0.2, 0.25) is 5.91 Å². The van der Waals surface area contributed by atoms with Gasteiger partial charge in [0.15, 0.2) is 0 Å². The predicted octanol–water partition coefficient (Wildman–Crippen LogP) is 3.26. The highest BCUT2D eigenvalue weighted by Crippen LogP contribution is 2.26. The van der Waals surface area contributed by atoms with Gasteiger partial charge in [-0.25, -0.2) is 0 Å². The third-order valence-electron chi connectivity index (χ3n) is 3.36. The van der Waals surface area contributed by atoms with Gasteiger partial charge in [0.05, 0.1) is 0 Å². The molecule has 0 bridgehead atoms. The Morgan fingerprint density at radius 2 is 1.67 bits per heavy atom. The molecule has 0 spiro atoms. The molecule has 1 aromatic heterocycles. The molecule has 21 heavy (non-hydrogen) atoms. The molecule has 0 saturated heterocycles. The molecule has 0 saturated carbocycles. The monoisotopic (exact) mass is 274 g/mol. The van der Waals surface area contributed by atoms with Crippen LogP contribution in [0.25, 0.3) is 22.4 Å². The van der Waals surface area contributed by atoms with Gasteiger partial charge in [-0.2, -0.15) is 0 Å². The van der Waals surface area contributed by atoms with Gasteiger partial charge in [-0.3, -0.25) is 9.78 Å². The van der Waals surface area contributed by atoms with Crippen LogP contribution in [0.4, 0.5) is 0 Å². The average molecular weight is 274 g/mol. The van der Waals surface area contributed by atoms with Crippen LogP contribution in [-0.2, 0) is 4.79 Å². The van der Waals surface area contributed by atoms with Crippen LogP contribution >= 0.6 is 0 Å². The molecule has 0 aliphatic carbocycles. The van der Waals surface area contributed by atoms with Gasteiger partial charge in [-0.05, 0) is 40.1 Å². The third-order valence-corrected chi connectivity index (χ3v) is 3.36. The average Bonchev–Trinajstić information content (AvgIpc) is 2.53. The summed E-state index contributed by atoms with van der Waals surface area (Å²) in [4.78, 5) is 15.9. The topological polar surface area (TPSA) is 56.0 Å². The fourth-order valence-corrected chi connectivity index (χ4v) is 2.37. The van der Waals surface area contributed by atoms with E-state index in [4.69, 9.17) is 5.73 Å². The zero-order valence-electron chi connectivity index (χ0n) is 11.4. The second-order valence-electron chi connectivity index (χ2n) is 4.73. The Balaban J connectivity index is 2.22. The molecule has 0 unspecified atom stereocenters. The van der Waals surface area contributed by atoms with Gasteiger partial charge >= 0.3 is 0 Å². The first-order chi connectivity index (χ1) is 10.3. The smallest absolute Gasteiger partial charge is 0.249 e. The number of rotatable bonds is 3. The minimum Gasteiger partial charge on any atom is -0.366 e. The van der Waals surface area contributed by atoms with Crippen LogP contribution in [0.2, 0.25) is 0 Å².